The van der Waals surface area contributed by atoms with Crippen molar-refractivity contribution in [2.75, 3.05) is 0 Å². The molecule has 0 unspecified atom stereocenters. The zero-order chi connectivity index (χ0) is 20.7. The van der Waals surface area contributed by atoms with Crippen LogP contribution in [0.5, 0.6) is 0 Å². The fourth-order valence-electron chi connectivity index (χ4n) is 1.85. The molecule has 3 N–H and O–H groups in total. The van der Waals surface area contributed by atoms with Crippen LogP contribution in [0.25, 0.3) is 0 Å². The number of carboxylic acids is 1. The number of carbonyl (C=O) groups is 4. The van der Waals surface area contributed by atoms with Gasteiger partial charge < -0.3 is 25.2 Å². The summed E-state index contributed by atoms with van der Waals surface area (Å²) in [7, 11) is 0. The van der Waals surface area contributed by atoms with Crippen LogP contribution in [0.3, 0.4) is 0 Å². The lowest BCUT2D eigenvalue weighted by atomic mass is 10.0. The summed E-state index contributed by atoms with van der Waals surface area (Å²) in [6.45, 7) is 11.4. The van der Waals surface area contributed by atoms with Crippen LogP contribution in [0.4, 0.5) is 4.79 Å². The highest BCUT2D eigenvalue weighted by Gasteiger charge is 2.28. The molecule has 150 valence electrons. The van der Waals surface area contributed by atoms with Gasteiger partial charge in [0.1, 0.15) is 17.7 Å². The van der Waals surface area contributed by atoms with Crippen LogP contribution in [-0.2, 0) is 23.9 Å². The Hall–Kier alpha value is -2.32. The molecular formula is C17H30N2O7. The number of hydrogen-bond acceptors (Lipinski definition) is 6. The lowest BCUT2D eigenvalue weighted by Gasteiger charge is -2.25. The van der Waals surface area contributed by atoms with Crippen molar-refractivity contribution < 1.29 is 33.8 Å². The number of esters is 1. The minimum atomic E-state index is -1.33. The molecule has 0 spiro atoms. The topological polar surface area (TPSA) is 131 Å². The molecular weight excluding hydrogens is 344 g/mol. The highest BCUT2D eigenvalue weighted by atomic mass is 16.6. The number of carboxylic acid groups (broad SMARTS) is 1. The van der Waals surface area contributed by atoms with Gasteiger partial charge in [-0.3, -0.25) is 4.79 Å². The van der Waals surface area contributed by atoms with Crippen LogP contribution in [-0.4, -0.2) is 52.8 Å². The minimum absolute atomic E-state index is 0.0926. The largest absolute Gasteiger partial charge is 0.479 e. The van der Waals surface area contributed by atoms with Crippen molar-refractivity contribution in [3.05, 3.63) is 0 Å². The normalized spacial score (nSPS) is 14.8. The van der Waals surface area contributed by atoms with Gasteiger partial charge in [-0.2, -0.15) is 0 Å². The molecule has 0 fully saturated rings. The molecule has 0 bridgehead atoms. The van der Waals surface area contributed by atoms with E-state index in [1.807, 2.05) is 13.8 Å². The first kappa shape index (κ1) is 23.7. The maximum absolute atomic E-state index is 12.4. The molecule has 26 heavy (non-hydrogen) atoms. The van der Waals surface area contributed by atoms with Crippen LogP contribution < -0.4 is 10.6 Å². The molecule has 0 aromatic rings. The third-order valence-corrected chi connectivity index (χ3v) is 3.07. The lowest BCUT2D eigenvalue weighted by Crippen LogP contribution is -2.52. The van der Waals surface area contributed by atoms with Gasteiger partial charge in [-0.15, -0.1) is 0 Å². The Bertz CT molecular complexity index is 526. The third kappa shape index (κ3) is 9.85. The molecule has 0 aliphatic carbocycles. The Morgan fingerprint density at radius 3 is 1.96 bits per heavy atom. The first-order valence-electron chi connectivity index (χ1n) is 8.46. The van der Waals surface area contributed by atoms with E-state index in [2.05, 4.69) is 10.6 Å². The van der Waals surface area contributed by atoms with Crippen LogP contribution in [0, 0.1) is 5.92 Å². The number of hydrogen-bond donors (Lipinski definition) is 3. The van der Waals surface area contributed by atoms with Gasteiger partial charge in [0.25, 0.3) is 0 Å². The van der Waals surface area contributed by atoms with E-state index >= 15 is 0 Å². The second-order valence-electron chi connectivity index (χ2n) is 7.48. The van der Waals surface area contributed by atoms with Crippen LogP contribution in [0.2, 0.25) is 0 Å². The van der Waals surface area contributed by atoms with E-state index in [0.717, 1.165) is 0 Å². The molecule has 2 amide bonds. The van der Waals surface area contributed by atoms with Gasteiger partial charge in [-0.25, -0.2) is 14.4 Å². The van der Waals surface area contributed by atoms with E-state index in [9.17, 15) is 19.2 Å². The maximum Gasteiger partial charge on any atom is 0.408 e. The summed E-state index contributed by atoms with van der Waals surface area (Å²) in [4.78, 5) is 46.9. The van der Waals surface area contributed by atoms with Crippen LogP contribution in [0.1, 0.15) is 54.9 Å². The molecule has 0 aromatic carbocycles. The first-order valence-corrected chi connectivity index (χ1v) is 8.46. The van der Waals surface area contributed by atoms with E-state index < -0.39 is 47.7 Å². The minimum Gasteiger partial charge on any atom is -0.479 e. The summed E-state index contributed by atoms with van der Waals surface area (Å²) in [6, 6.07) is -1.98. The standard InChI is InChI=1S/C17H30N2O7/c1-9(2)8-12(19-16(24)26-17(5,6)7)13(20)18-10(3)15(23)25-11(4)14(21)22/h9-12H,8H2,1-7H3,(H,18,20)(H,19,24)(H,21,22)/t10-,11-,12-/m0/s1. The fourth-order valence-corrected chi connectivity index (χ4v) is 1.85. The van der Waals surface area contributed by atoms with Gasteiger partial charge in [-0.05, 0) is 47.0 Å². The van der Waals surface area contributed by atoms with Crippen LogP contribution >= 0.6 is 0 Å². The molecule has 9 heteroatoms. The van der Waals surface area contributed by atoms with Crippen molar-refractivity contribution in [3.63, 3.8) is 0 Å². The summed E-state index contributed by atoms with van der Waals surface area (Å²) < 4.78 is 9.86. The SMILES string of the molecule is CC(C)C[C@H](NC(=O)OC(C)(C)C)C(=O)N[C@@H](C)C(=O)O[C@@H](C)C(=O)O. The van der Waals surface area contributed by atoms with E-state index in [4.69, 9.17) is 14.6 Å². The number of nitrogens with one attached hydrogen (secondary N) is 2. The smallest absolute Gasteiger partial charge is 0.408 e. The number of alkyl carbamates (subject to hydrolysis) is 1. The number of amides is 2. The van der Waals surface area contributed by atoms with Crippen molar-refractivity contribution in [2.45, 2.75) is 78.7 Å². The van der Waals surface area contributed by atoms with Crippen molar-refractivity contribution >= 4 is 23.9 Å². The second kappa shape index (κ2) is 9.98. The Kier molecular flexibility index (Phi) is 9.09. The van der Waals surface area contributed by atoms with Crippen molar-refractivity contribution in [2.24, 2.45) is 5.92 Å². The number of aliphatic carboxylic acids is 1. The average molecular weight is 374 g/mol. The third-order valence-electron chi connectivity index (χ3n) is 3.07. The Labute approximate surface area is 153 Å². The molecule has 0 saturated carbocycles. The summed E-state index contributed by atoms with van der Waals surface area (Å²) in [5.41, 5.74) is -0.715. The van der Waals surface area contributed by atoms with Gasteiger partial charge in [-0.1, -0.05) is 13.8 Å². The van der Waals surface area contributed by atoms with Crippen LogP contribution in [0.15, 0.2) is 0 Å². The molecule has 0 aliphatic rings. The second-order valence-corrected chi connectivity index (χ2v) is 7.48. The summed E-state index contributed by atoms with van der Waals surface area (Å²) >= 11 is 0. The van der Waals surface area contributed by atoms with Gasteiger partial charge in [0, 0.05) is 0 Å². The molecule has 9 nitrogen and oxygen atoms in total. The predicted octanol–water partition coefficient (Wildman–Crippen LogP) is 1.45. The molecule has 0 heterocycles. The van der Waals surface area contributed by atoms with E-state index in [1.54, 1.807) is 20.8 Å². The van der Waals surface area contributed by atoms with Gasteiger partial charge in [0.2, 0.25) is 5.91 Å². The van der Waals surface area contributed by atoms with Gasteiger partial charge in [0.05, 0.1) is 0 Å². The number of ether oxygens (including phenoxy) is 2. The van der Waals surface area contributed by atoms with Crippen molar-refractivity contribution in [3.8, 4) is 0 Å². The Morgan fingerprint density at radius 2 is 1.54 bits per heavy atom. The summed E-state index contributed by atoms with van der Waals surface area (Å²) in [6.07, 6.45) is -1.74. The summed E-state index contributed by atoms with van der Waals surface area (Å²) in [5, 5.41) is 13.7. The number of rotatable bonds is 8. The van der Waals surface area contributed by atoms with E-state index in [0.29, 0.717) is 6.42 Å². The molecule has 0 saturated heterocycles. The molecule has 0 rings (SSSR count). The average Bonchev–Trinajstić information content (AvgIpc) is 2.43. The zero-order valence-electron chi connectivity index (χ0n) is 16.4. The Morgan fingerprint density at radius 1 is 1.00 bits per heavy atom. The highest BCUT2D eigenvalue weighted by molar-refractivity contribution is 5.90. The van der Waals surface area contributed by atoms with E-state index in [-0.39, 0.29) is 5.92 Å². The zero-order valence-corrected chi connectivity index (χ0v) is 16.4. The molecule has 0 radical (unpaired) electrons. The van der Waals surface area contributed by atoms with Crippen molar-refractivity contribution in [1.29, 1.82) is 0 Å². The van der Waals surface area contributed by atoms with Gasteiger partial charge in [0.15, 0.2) is 6.10 Å². The first-order chi connectivity index (χ1) is 11.7. The van der Waals surface area contributed by atoms with Gasteiger partial charge >= 0.3 is 18.0 Å². The highest BCUT2D eigenvalue weighted by Crippen LogP contribution is 2.10. The quantitative estimate of drug-likeness (QED) is 0.548. The molecule has 3 atom stereocenters. The monoisotopic (exact) mass is 374 g/mol. The summed E-state index contributed by atoms with van der Waals surface area (Å²) in [5.74, 6) is -2.66. The predicted molar refractivity (Wildman–Crippen MR) is 93.4 cm³/mol. The number of carbonyl (C=O) groups excluding carboxylic acids is 3. The lowest BCUT2D eigenvalue weighted by molar-refractivity contribution is -0.164. The maximum atomic E-state index is 12.4. The molecule has 0 aromatic heterocycles. The molecule has 0 aliphatic heterocycles. The van der Waals surface area contributed by atoms with Crippen molar-refractivity contribution in [1.82, 2.24) is 10.6 Å². The van der Waals surface area contributed by atoms with E-state index in [1.165, 1.54) is 13.8 Å². The fraction of sp³-hybridized carbons (Fsp3) is 0.765. The Balaban J connectivity index is 4.89.